The third-order valence-electron chi connectivity index (χ3n) is 5.75. The number of carbonyl (C=O) groups is 2. The lowest BCUT2D eigenvalue weighted by Gasteiger charge is -2.39. The van der Waals surface area contributed by atoms with Gasteiger partial charge in [-0.1, -0.05) is 44.2 Å². The molecule has 30 heavy (non-hydrogen) atoms. The highest BCUT2D eigenvalue weighted by molar-refractivity contribution is 7.10. The summed E-state index contributed by atoms with van der Waals surface area (Å²) in [5.41, 5.74) is 5.12. The van der Waals surface area contributed by atoms with Crippen molar-refractivity contribution < 1.29 is 14.3 Å². The van der Waals surface area contributed by atoms with Crippen LogP contribution in [0, 0.1) is 5.41 Å². The van der Waals surface area contributed by atoms with Crippen molar-refractivity contribution in [1.82, 2.24) is 5.32 Å². The molecule has 0 unspecified atom stereocenters. The first-order valence-electron chi connectivity index (χ1n) is 10.4. The minimum Gasteiger partial charge on any atom is -0.463 e. The van der Waals surface area contributed by atoms with Gasteiger partial charge in [-0.25, -0.2) is 4.79 Å². The summed E-state index contributed by atoms with van der Waals surface area (Å²) >= 11 is 1.59. The molecule has 2 aliphatic rings. The van der Waals surface area contributed by atoms with Crippen molar-refractivity contribution in [3.05, 3.63) is 69.2 Å². The normalized spacial score (nSPS) is 20.7. The third-order valence-corrected chi connectivity index (χ3v) is 6.74. The number of thiophene rings is 1. The third kappa shape index (κ3) is 3.74. The molecule has 0 spiro atoms. The maximum Gasteiger partial charge on any atom is 0.336 e. The number of hydrogen-bond acceptors (Lipinski definition) is 5. The molecule has 0 amide bonds. The van der Waals surface area contributed by atoms with Crippen molar-refractivity contribution in [3.8, 4) is 11.1 Å². The van der Waals surface area contributed by atoms with Crippen molar-refractivity contribution in [2.75, 3.05) is 6.61 Å². The zero-order valence-electron chi connectivity index (χ0n) is 17.9. The van der Waals surface area contributed by atoms with Crippen LogP contribution in [0.1, 0.15) is 51.3 Å². The highest BCUT2D eigenvalue weighted by Gasteiger charge is 2.43. The van der Waals surface area contributed by atoms with Crippen molar-refractivity contribution >= 4 is 23.1 Å². The summed E-state index contributed by atoms with van der Waals surface area (Å²) in [6.45, 7) is 8.24. The van der Waals surface area contributed by atoms with Gasteiger partial charge in [0.15, 0.2) is 5.78 Å². The van der Waals surface area contributed by atoms with Crippen LogP contribution in [0.5, 0.6) is 0 Å². The van der Waals surface area contributed by atoms with E-state index in [2.05, 4.69) is 42.7 Å². The van der Waals surface area contributed by atoms with Gasteiger partial charge in [0.2, 0.25) is 0 Å². The first-order chi connectivity index (χ1) is 14.3. The van der Waals surface area contributed by atoms with Gasteiger partial charge in [-0.2, -0.15) is 0 Å². The Morgan fingerprint density at radius 1 is 1.20 bits per heavy atom. The van der Waals surface area contributed by atoms with Crippen molar-refractivity contribution in [2.24, 2.45) is 5.41 Å². The molecule has 1 N–H and O–H groups in total. The van der Waals surface area contributed by atoms with Crippen LogP contribution in [0.15, 0.2) is 64.3 Å². The van der Waals surface area contributed by atoms with Gasteiger partial charge < -0.3 is 10.1 Å². The second kappa shape index (κ2) is 7.88. The number of dihydropyridines is 1. The molecule has 0 fully saturated rings. The number of nitrogens with one attached hydrogen (secondary N) is 1. The van der Waals surface area contributed by atoms with E-state index in [1.54, 1.807) is 18.3 Å². The molecule has 1 aliphatic heterocycles. The minimum atomic E-state index is -0.383. The summed E-state index contributed by atoms with van der Waals surface area (Å²) in [5, 5.41) is 5.47. The lowest BCUT2D eigenvalue weighted by Crippen LogP contribution is -2.38. The molecule has 5 heteroatoms. The first kappa shape index (κ1) is 20.6. The van der Waals surface area contributed by atoms with Gasteiger partial charge >= 0.3 is 5.97 Å². The van der Waals surface area contributed by atoms with Crippen molar-refractivity contribution in [3.63, 3.8) is 0 Å². The number of carbonyl (C=O) groups excluding carboxylic acids is 2. The monoisotopic (exact) mass is 421 g/mol. The Hall–Kier alpha value is -2.66. The number of benzene rings is 1. The zero-order chi connectivity index (χ0) is 21.5. The number of hydrogen-bond donors (Lipinski definition) is 1. The van der Waals surface area contributed by atoms with E-state index < -0.39 is 0 Å². The lowest BCUT2D eigenvalue weighted by atomic mass is 9.70. The fourth-order valence-corrected chi connectivity index (χ4v) is 5.52. The zero-order valence-corrected chi connectivity index (χ0v) is 18.7. The van der Waals surface area contributed by atoms with Crippen LogP contribution in [0.2, 0.25) is 0 Å². The Kier molecular flexibility index (Phi) is 5.41. The molecular formula is C25H27NO3S. The maximum atomic E-state index is 13.3. The lowest BCUT2D eigenvalue weighted by molar-refractivity contribution is -0.138. The first-order valence-corrected chi connectivity index (χ1v) is 11.2. The fourth-order valence-electron chi connectivity index (χ4n) is 4.49. The molecular weight excluding hydrogens is 394 g/mol. The van der Waals surface area contributed by atoms with Crippen LogP contribution in [0.25, 0.3) is 11.1 Å². The van der Waals surface area contributed by atoms with Crippen LogP contribution in [-0.2, 0) is 14.3 Å². The quantitative estimate of drug-likeness (QED) is 0.655. The Morgan fingerprint density at radius 2 is 1.93 bits per heavy atom. The standard InChI is InChI=1S/C25H27NO3S/c1-5-29-24(28)21-15(2)26-18-12-25(3,4)13-19(27)22(18)23(21)20-11-17(14-30-20)16-9-7-6-8-10-16/h6-11,14,23,26H,5,12-13H2,1-4H3/t23-/m0/s1. The molecule has 0 saturated heterocycles. The van der Waals surface area contributed by atoms with Gasteiger partial charge in [-0.3, -0.25) is 4.79 Å². The van der Waals surface area contributed by atoms with Gasteiger partial charge in [-0.15, -0.1) is 11.3 Å². The molecule has 1 aliphatic carbocycles. The highest BCUT2D eigenvalue weighted by atomic mass is 32.1. The number of ketones is 1. The molecule has 1 aromatic heterocycles. The van der Waals surface area contributed by atoms with E-state index in [9.17, 15) is 9.59 Å². The number of ether oxygens (including phenoxy) is 1. The van der Waals surface area contributed by atoms with E-state index in [0.717, 1.165) is 39.4 Å². The summed E-state index contributed by atoms with van der Waals surface area (Å²) in [4.78, 5) is 27.2. The molecule has 2 heterocycles. The SMILES string of the molecule is CCOC(=O)C1=C(C)NC2=C(C(=O)CC(C)(C)C2)[C@H]1c1cc(-c2ccccc2)cs1. The van der Waals surface area contributed by atoms with E-state index in [0.29, 0.717) is 18.6 Å². The average molecular weight is 422 g/mol. The van der Waals surface area contributed by atoms with E-state index in [4.69, 9.17) is 4.74 Å². The van der Waals surface area contributed by atoms with Crippen molar-refractivity contribution in [2.45, 2.75) is 46.5 Å². The predicted octanol–water partition coefficient (Wildman–Crippen LogP) is 5.58. The van der Waals surface area contributed by atoms with E-state index in [1.165, 1.54) is 0 Å². The number of rotatable bonds is 4. The molecule has 0 bridgehead atoms. The molecule has 0 saturated carbocycles. The maximum absolute atomic E-state index is 13.3. The Morgan fingerprint density at radius 3 is 2.63 bits per heavy atom. The average Bonchev–Trinajstić information content (AvgIpc) is 3.16. The Labute approximate surface area is 181 Å². The molecule has 156 valence electrons. The van der Waals surface area contributed by atoms with Gasteiger partial charge in [0, 0.05) is 28.3 Å². The van der Waals surface area contributed by atoms with Gasteiger partial charge in [-0.05, 0) is 48.3 Å². The van der Waals surface area contributed by atoms with Crippen LogP contribution in [0.4, 0.5) is 0 Å². The number of esters is 1. The van der Waals surface area contributed by atoms with E-state index in [-0.39, 0.29) is 23.1 Å². The van der Waals surface area contributed by atoms with Gasteiger partial charge in [0.1, 0.15) is 0 Å². The van der Waals surface area contributed by atoms with Crippen LogP contribution >= 0.6 is 11.3 Å². The van der Waals surface area contributed by atoms with E-state index >= 15 is 0 Å². The molecule has 1 atom stereocenters. The molecule has 4 rings (SSSR count). The van der Waals surface area contributed by atoms with E-state index in [1.807, 2.05) is 25.1 Å². The summed E-state index contributed by atoms with van der Waals surface area (Å²) in [7, 11) is 0. The molecule has 1 aromatic carbocycles. The molecule has 2 aromatic rings. The highest BCUT2D eigenvalue weighted by Crippen LogP contribution is 2.48. The van der Waals surface area contributed by atoms with Crippen LogP contribution < -0.4 is 5.32 Å². The number of Topliss-reactive ketones (excluding diaryl/α,β-unsaturated/α-hetero) is 1. The Bertz CT molecular complexity index is 1060. The Balaban J connectivity index is 1.84. The largest absolute Gasteiger partial charge is 0.463 e. The van der Waals surface area contributed by atoms with Crippen LogP contribution in [-0.4, -0.2) is 18.4 Å². The minimum absolute atomic E-state index is 0.0974. The summed E-state index contributed by atoms with van der Waals surface area (Å²) in [6.07, 6.45) is 1.27. The van der Waals surface area contributed by atoms with Crippen molar-refractivity contribution in [1.29, 1.82) is 0 Å². The fraction of sp³-hybridized carbons (Fsp3) is 0.360. The van der Waals surface area contributed by atoms with Crippen LogP contribution in [0.3, 0.4) is 0 Å². The number of allylic oxidation sites excluding steroid dienone is 3. The van der Waals surface area contributed by atoms with Gasteiger partial charge in [0.25, 0.3) is 0 Å². The molecule has 0 radical (unpaired) electrons. The smallest absolute Gasteiger partial charge is 0.336 e. The summed E-state index contributed by atoms with van der Waals surface area (Å²) in [6, 6.07) is 12.3. The summed E-state index contributed by atoms with van der Waals surface area (Å²) < 4.78 is 5.38. The second-order valence-corrected chi connectivity index (χ2v) is 9.70. The molecule has 4 nitrogen and oxygen atoms in total. The topological polar surface area (TPSA) is 55.4 Å². The van der Waals surface area contributed by atoms with Gasteiger partial charge in [0.05, 0.1) is 18.1 Å². The summed E-state index contributed by atoms with van der Waals surface area (Å²) in [5.74, 6) is -0.625. The second-order valence-electron chi connectivity index (χ2n) is 8.75. The predicted molar refractivity (Wildman–Crippen MR) is 120 cm³/mol.